The zero-order valence-electron chi connectivity index (χ0n) is 10.9. The molecule has 1 aromatic rings. The Morgan fingerprint density at radius 3 is 3.00 bits per heavy atom. The molecule has 1 aliphatic heterocycles. The van der Waals surface area contributed by atoms with Crippen molar-refractivity contribution in [2.75, 3.05) is 31.0 Å². The van der Waals surface area contributed by atoms with Crippen molar-refractivity contribution in [3.05, 3.63) is 11.9 Å². The summed E-state index contributed by atoms with van der Waals surface area (Å²) in [5.74, 6) is 2.64. The maximum Gasteiger partial charge on any atom is 0.218 e. The molecule has 0 radical (unpaired) electrons. The van der Waals surface area contributed by atoms with Gasteiger partial charge in [-0.3, -0.25) is 0 Å². The van der Waals surface area contributed by atoms with E-state index in [4.69, 9.17) is 21.1 Å². The average molecular weight is 272 g/mol. The first kappa shape index (κ1) is 13.4. The standard InChI is InChI=1S/C12H18ClN3O2/c1-8-7-18-10(5-13)6-16(8)11-4-12(17-3)15-9(2)14-11/h4,8,10H,5-7H2,1-3H3. The summed E-state index contributed by atoms with van der Waals surface area (Å²) in [5.41, 5.74) is 0. The summed E-state index contributed by atoms with van der Waals surface area (Å²) in [6.07, 6.45) is 0.0455. The molecule has 6 heteroatoms. The molecule has 2 heterocycles. The number of alkyl halides is 1. The van der Waals surface area contributed by atoms with Gasteiger partial charge in [0.2, 0.25) is 5.88 Å². The minimum atomic E-state index is 0.0455. The van der Waals surface area contributed by atoms with Gasteiger partial charge in [0.05, 0.1) is 31.7 Å². The Kier molecular flexibility index (Phi) is 4.24. The summed E-state index contributed by atoms with van der Waals surface area (Å²) >= 11 is 5.86. The third-order valence-corrected chi connectivity index (χ3v) is 3.33. The van der Waals surface area contributed by atoms with Gasteiger partial charge in [-0.2, -0.15) is 4.98 Å². The summed E-state index contributed by atoms with van der Waals surface area (Å²) in [5, 5.41) is 0. The highest BCUT2D eigenvalue weighted by Crippen LogP contribution is 2.23. The quantitative estimate of drug-likeness (QED) is 0.782. The Morgan fingerprint density at radius 2 is 2.33 bits per heavy atom. The molecule has 0 bridgehead atoms. The Hall–Kier alpha value is -1.07. The number of rotatable bonds is 3. The van der Waals surface area contributed by atoms with Crippen LogP contribution in [0.5, 0.6) is 5.88 Å². The van der Waals surface area contributed by atoms with E-state index in [9.17, 15) is 0 Å². The third-order valence-electron chi connectivity index (χ3n) is 2.98. The molecule has 0 saturated carbocycles. The molecule has 5 nitrogen and oxygen atoms in total. The number of nitrogens with zero attached hydrogens (tertiary/aromatic N) is 3. The first-order chi connectivity index (χ1) is 8.63. The predicted octanol–water partition coefficient (Wildman–Crippen LogP) is 1.63. The molecule has 0 amide bonds. The molecule has 1 saturated heterocycles. The lowest BCUT2D eigenvalue weighted by molar-refractivity contribution is 0.0361. The number of morpholine rings is 1. The molecule has 18 heavy (non-hydrogen) atoms. The molecule has 0 aromatic carbocycles. The molecule has 1 aromatic heterocycles. The van der Waals surface area contributed by atoms with Crippen LogP contribution in [0, 0.1) is 6.92 Å². The SMILES string of the molecule is COc1cc(N2CC(CCl)OCC2C)nc(C)n1. The van der Waals surface area contributed by atoms with Crippen molar-refractivity contribution in [2.45, 2.75) is 26.0 Å². The van der Waals surface area contributed by atoms with Crippen molar-refractivity contribution < 1.29 is 9.47 Å². The smallest absolute Gasteiger partial charge is 0.218 e. The van der Waals surface area contributed by atoms with Crippen molar-refractivity contribution >= 4 is 17.4 Å². The second-order valence-electron chi connectivity index (χ2n) is 4.43. The maximum atomic E-state index is 5.86. The summed E-state index contributed by atoms with van der Waals surface area (Å²) in [6, 6.07) is 2.11. The van der Waals surface area contributed by atoms with E-state index in [0.29, 0.717) is 24.2 Å². The van der Waals surface area contributed by atoms with Gasteiger partial charge in [-0.05, 0) is 13.8 Å². The van der Waals surface area contributed by atoms with E-state index in [1.54, 1.807) is 7.11 Å². The van der Waals surface area contributed by atoms with E-state index in [1.807, 2.05) is 13.0 Å². The minimum Gasteiger partial charge on any atom is -0.481 e. The van der Waals surface area contributed by atoms with Gasteiger partial charge in [0.1, 0.15) is 11.6 Å². The first-order valence-electron chi connectivity index (χ1n) is 5.98. The molecule has 2 unspecified atom stereocenters. The highest BCUT2D eigenvalue weighted by Gasteiger charge is 2.27. The first-order valence-corrected chi connectivity index (χ1v) is 6.51. The Morgan fingerprint density at radius 1 is 1.56 bits per heavy atom. The second kappa shape index (κ2) is 5.71. The lowest BCUT2D eigenvalue weighted by atomic mass is 10.2. The normalized spacial score (nSPS) is 24.1. The van der Waals surface area contributed by atoms with Crippen LogP contribution < -0.4 is 9.64 Å². The summed E-state index contributed by atoms with van der Waals surface area (Å²) in [4.78, 5) is 10.8. The van der Waals surface area contributed by atoms with E-state index >= 15 is 0 Å². The van der Waals surface area contributed by atoms with Gasteiger partial charge in [0, 0.05) is 12.6 Å². The predicted molar refractivity (Wildman–Crippen MR) is 70.6 cm³/mol. The lowest BCUT2D eigenvalue weighted by Crippen LogP contribution is -2.49. The van der Waals surface area contributed by atoms with E-state index < -0.39 is 0 Å². The molecule has 0 aliphatic carbocycles. The van der Waals surface area contributed by atoms with Crippen LogP contribution in [0.3, 0.4) is 0 Å². The van der Waals surface area contributed by atoms with Crippen LogP contribution in [-0.2, 0) is 4.74 Å². The van der Waals surface area contributed by atoms with Gasteiger partial charge < -0.3 is 14.4 Å². The number of hydrogen-bond donors (Lipinski definition) is 0. The van der Waals surface area contributed by atoms with Gasteiger partial charge in [0.25, 0.3) is 0 Å². The fraction of sp³-hybridized carbons (Fsp3) is 0.667. The van der Waals surface area contributed by atoms with Crippen molar-refractivity contribution in [3.8, 4) is 5.88 Å². The molecule has 1 fully saturated rings. The van der Waals surface area contributed by atoms with Crippen molar-refractivity contribution in [1.82, 2.24) is 9.97 Å². The lowest BCUT2D eigenvalue weighted by Gasteiger charge is -2.38. The topological polar surface area (TPSA) is 47.5 Å². The van der Waals surface area contributed by atoms with Gasteiger partial charge in [0.15, 0.2) is 0 Å². The molecule has 0 N–H and O–H groups in total. The molecule has 1 aliphatic rings. The number of aryl methyl sites for hydroxylation is 1. The highest BCUT2D eigenvalue weighted by atomic mass is 35.5. The van der Waals surface area contributed by atoms with Crippen molar-refractivity contribution in [2.24, 2.45) is 0 Å². The number of hydrogen-bond acceptors (Lipinski definition) is 5. The van der Waals surface area contributed by atoms with Crippen LogP contribution in [0.15, 0.2) is 6.07 Å². The van der Waals surface area contributed by atoms with E-state index in [-0.39, 0.29) is 12.1 Å². The van der Waals surface area contributed by atoms with Gasteiger partial charge in [-0.15, -0.1) is 11.6 Å². The molecule has 2 atom stereocenters. The maximum absolute atomic E-state index is 5.86. The molecule has 2 rings (SSSR count). The zero-order chi connectivity index (χ0) is 13.1. The van der Waals surface area contributed by atoms with Crippen molar-refractivity contribution in [3.63, 3.8) is 0 Å². The molecule has 0 spiro atoms. The van der Waals surface area contributed by atoms with E-state index in [0.717, 1.165) is 12.4 Å². The Labute approximate surface area is 112 Å². The second-order valence-corrected chi connectivity index (χ2v) is 4.74. The van der Waals surface area contributed by atoms with Crippen LogP contribution in [-0.4, -0.2) is 48.3 Å². The van der Waals surface area contributed by atoms with Crippen LogP contribution >= 0.6 is 11.6 Å². The fourth-order valence-corrected chi connectivity index (χ4v) is 2.19. The van der Waals surface area contributed by atoms with Gasteiger partial charge >= 0.3 is 0 Å². The van der Waals surface area contributed by atoms with Crippen molar-refractivity contribution in [1.29, 1.82) is 0 Å². The number of methoxy groups -OCH3 is 1. The van der Waals surface area contributed by atoms with Gasteiger partial charge in [-0.25, -0.2) is 4.98 Å². The minimum absolute atomic E-state index is 0.0455. The largest absolute Gasteiger partial charge is 0.481 e. The fourth-order valence-electron chi connectivity index (χ4n) is 2.01. The monoisotopic (exact) mass is 271 g/mol. The van der Waals surface area contributed by atoms with Crippen LogP contribution in [0.1, 0.15) is 12.7 Å². The third kappa shape index (κ3) is 2.84. The highest BCUT2D eigenvalue weighted by molar-refractivity contribution is 6.18. The van der Waals surface area contributed by atoms with Crippen LogP contribution in [0.4, 0.5) is 5.82 Å². The number of aromatic nitrogens is 2. The molecular weight excluding hydrogens is 254 g/mol. The Bertz CT molecular complexity index is 416. The molecular formula is C12H18ClN3O2. The number of ether oxygens (including phenoxy) is 2. The van der Waals surface area contributed by atoms with Crippen LogP contribution in [0.2, 0.25) is 0 Å². The van der Waals surface area contributed by atoms with E-state index in [2.05, 4.69) is 21.8 Å². The average Bonchev–Trinajstić information content (AvgIpc) is 2.38. The number of anilines is 1. The number of halogens is 1. The summed E-state index contributed by atoms with van der Waals surface area (Å²) in [7, 11) is 1.61. The summed E-state index contributed by atoms with van der Waals surface area (Å²) < 4.78 is 10.8. The molecule has 100 valence electrons. The Balaban J connectivity index is 2.25. The van der Waals surface area contributed by atoms with E-state index in [1.165, 1.54) is 0 Å². The zero-order valence-corrected chi connectivity index (χ0v) is 11.6. The van der Waals surface area contributed by atoms with Gasteiger partial charge in [-0.1, -0.05) is 0 Å². The summed E-state index contributed by atoms with van der Waals surface area (Å²) in [6.45, 7) is 5.36. The van der Waals surface area contributed by atoms with Crippen LogP contribution in [0.25, 0.3) is 0 Å².